The Morgan fingerprint density at radius 1 is 1.00 bits per heavy atom. The minimum absolute atomic E-state index is 0.0616. The second-order valence-corrected chi connectivity index (χ2v) is 7.28. The topological polar surface area (TPSA) is 52.7 Å². The van der Waals surface area contributed by atoms with Gasteiger partial charge in [-0.1, -0.05) is 42.5 Å². The molecule has 4 rings (SSSR count). The average molecular weight is 332 g/mol. The van der Waals surface area contributed by atoms with Crippen molar-refractivity contribution in [1.82, 2.24) is 19.3 Å². The summed E-state index contributed by atoms with van der Waals surface area (Å²) >= 11 is 0. The molecular formula is C20H20N4O. The van der Waals surface area contributed by atoms with Crippen LogP contribution in [0.25, 0.3) is 21.8 Å². The van der Waals surface area contributed by atoms with Gasteiger partial charge in [0.25, 0.3) is 5.56 Å². The molecule has 4 aromatic rings. The molecule has 0 radical (unpaired) electrons. The lowest BCUT2D eigenvalue weighted by atomic mass is 10.0. The van der Waals surface area contributed by atoms with Gasteiger partial charge in [-0.3, -0.25) is 9.36 Å². The third kappa shape index (κ3) is 2.61. The molecule has 0 saturated carbocycles. The second kappa shape index (κ2) is 5.55. The van der Waals surface area contributed by atoms with Gasteiger partial charge in [0.15, 0.2) is 5.65 Å². The Morgan fingerprint density at radius 3 is 2.56 bits per heavy atom. The molecule has 0 N–H and O–H groups in total. The van der Waals surface area contributed by atoms with Gasteiger partial charge in [-0.25, -0.2) is 9.67 Å². The van der Waals surface area contributed by atoms with Crippen LogP contribution in [0.5, 0.6) is 0 Å². The Labute approximate surface area is 145 Å². The van der Waals surface area contributed by atoms with Crippen LogP contribution < -0.4 is 5.56 Å². The highest BCUT2D eigenvalue weighted by Gasteiger charge is 2.19. The molecule has 0 saturated heterocycles. The molecule has 0 aliphatic carbocycles. The van der Waals surface area contributed by atoms with E-state index in [1.165, 1.54) is 5.39 Å². The summed E-state index contributed by atoms with van der Waals surface area (Å²) in [4.78, 5) is 17.4. The minimum atomic E-state index is -0.219. The van der Waals surface area contributed by atoms with Crippen LogP contribution in [0.15, 0.2) is 59.8 Å². The molecule has 0 atom stereocenters. The molecule has 0 unspecified atom stereocenters. The summed E-state index contributed by atoms with van der Waals surface area (Å²) in [6.45, 7) is 6.62. The summed E-state index contributed by atoms with van der Waals surface area (Å²) in [6, 6.07) is 14.4. The highest BCUT2D eigenvalue weighted by Crippen LogP contribution is 2.20. The van der Waals surface area contributed by atoms with Crippen molar-refractivity contribution in [2.75, 3.05) is 0 Å². The first-order valence-corrected chi connectivity index (χ1v) is 8.35. The zero-order valence-corrected chi connectivity index (χ0v) is 14.6. The highest BCUT2D eigenvalue weighted by molar-refractivity contribution is 5.85. The van der Waals surface area contributed by atoms with E-state index >= 15 is 0 Å². The first-order valence-electron chi connectivity index (χ1n) is 8.35. The first kappa shape index (κ1) is 15.6. The molecule has 2 heterocycles. The lowest BCUT2D eigenvalue weighted by Crippen LogP contribution is -2.25. The van der Waals surface area contributed by atoms with Crippen molar-refractivity contribution in [3.63, 3.8) is 0 Å². The lowest BCUT2D eigenvalue weighted by molar-refractivity contribution is 0.365. The van der Waals surface area contributed by atoms with E-state index in [0.29, 0.717) is 17.6 Å². The molecular weight excluding hydrogens is 312 g/mol. The Balaban J connectivity index is 1.83. The van der Waals surface area contributed by atoms with E-state index < -0.39 is 0 Å². The van der Waals surface area contributed by atoms with Crippen LogP contribution in [0.4, 0.5) is 0 Å². The van der Waals surface area contributed by atoms with Crippen molar-refractivity contribution in [1.29, 1.82) is 0 Å². The lowest BCUT2D eigenvalue weighted by Gasteiger charge is -2.19. The highest BCUT2D eigenvalue weighted by atomic mass is 16.1. The van der Waals surface area contributed by atoms with Crippen LogP contribution in [0.1, 0.15) is 26.3 Å². The van der Waals surface area contributed by atoms with Gasteiger partial charge in [0.05, 0.1) is 18.3 Å². The minimum Gasteiger partial charge on any atom is -0.294 e. The van der Waals surface area contributed by atoms with E-state index in [1.807, 2.05) is 39.0 Å². The molecule has 0 aliphatic heterocycles. The van der Waals surface area contributed by atoms with Crippen molar-refractivity contribution in [3.8, 4) is 0 Å². The number of benzene rings is 2. The molecule has 5 heteroatoms. The average Bonchev–Trinajstić information content (AvgIpc) is 3.03. The molecule has 0 fully saturated rings. The summed E-state index contributed by atoms with van der Waals surface area (Å²) in [5.41, 5.74) is 1.45. The molecule has 0 bridgehead atoms. The van der Waals surface area contributed by atoms with Gasteiger partial charge in [0.1, 0.15) is 11.7 Å². The second-order valence-electron chi connectivity index (χ2n) is 7.28. The number of fused-ring (bicyclic) bond motifs is 2. The van der Waals surface area contributed by atoms with Gasteiger partial charge in [0, 0.05) is 0 Å². The van der Waals surface area contributed by atoms with Crippen molar-refractivity contribution < 1.29 is 0 Å². The van der Waals surface area contributed by atoms with Gasteiger partial charge in [-0.05, 0) is 37.1 Å². The molecule has 5 nitrogen and oxygen atoms in total. The van der Waals surface area contributed by atoms with Crippen molar-refractivity contribution in [2.24, 2.45) is 0 Å². The predicted molar refractivity (Wildman–Crippen MR) is 99.8 cm³/mol. The smallest absolute Gasteiger partial charge is 0.264 e. The van der Waals surface area contributed by atoms with Crippen LogP contribution in [-0.2, 0) is 12.1 Å². The van der Waals surface area contributed by atoms with Crippen molar-refractivity contribution >= 4 is 21.8 Å². The summed E-state index contributed by atoms with van der Waals surface area (Å²) in [6.07, 6.45) is 3.24. The number of hydrogen-bond donors (Lipinski definition) is 0. The maximum absolute atomic E-state index is 12.9. The van der Waals surface area contributed by atoms with E-state index in [1.54, 1.807) is 21.8 Å². The molecule has 0 aliphatic rings. The Morgan fingerprint density at radius 2 is 1.76 bits per heavy atom. The van der Waals surface area contributed by atoms with E-state index in [-0.39, 0.29) is 11.1 Å². The van der Waals surface area contributed by atoms with E-state index in [9.17, 15) is 4.79 Å². The fraction of sp³-hybridized carbons (Fsp3) is 0.250. The monoisotopic (exact) mass is 332 g/mol. The normalized spacial score (nSPS) is 12.1. The summed E-state index contributed by atoms with van der Waals surface area (Å²) in [5, 5.41) is 7.24. The molecule has 25 heavy (non-hydrogen) atoms. The van der Waals surface area contributed by atoms with E-state index in [0.717, 1.165) is 10.9 Å². The molecule has 2 aromatic carbocycles. The predicted octanol–water partition coefficient (Wildman–Crippen LogP) is 3.55. The van der Waals surface area contributed by atoms with Crippen LogP contribution in [0, 0.1) is 0 Å². The van der Waals surface area contributed by atoms with Gasteiger partial charge >= 0.3 is 0 Å². The Hall–Kier alpha value is -2.95. The van der Waals surface area contributed by atoms with Gasteiger partial charge in [-0.2, -0.15) is 5.10 Å². The van der Waals surface area contributed by atoms with Gasteiger partial charge in [-0.15, -0.1) is 0 Å². The first-order chi connectivity index (χ1) is 11.9. The number of hydrogen-bond acceptors (Lipinski definition) is 3. The number of nitrogens with zero attached hydrogens (tertiary/aromatic N) is 4. The zero-order valence-electron chi connectivity index (χ0n) is 14.6. The summed E-state index contributed by atoms with van der Waals surface area (Å²) < 4.78 is 3.45. The standard InChI is InChI=1S/C20H20N4O/c1-20(2,3)24-18-17(11-22-24)19(25)23(13-21-18)12-15-9-6-8-14-7-4-5-10-16(14)15/h4-11,13H,12H2,1-3H3. The maximum Gasteiger partial charge on any atom is 0.264 e. The number of rotatable bonds is 2. The largest absolute Gasteiger partial charge is 0.294 e. The van der Waals surface area contributed by atoms with E-state index in [2.05, 4.69) is 34.3 Å². The Bertz CT molecular complexity index is 1130. The summed E-state index contributed by atoms with van der Waals surface area (Å²) in [5.74, 6) is 0. The van der Waals surface area contributed by atoms with Crippen LogP contribution in [-0.4, -0.2) is 19.3 Å². The van der Waals surface area contributed by atoms with Crippen LogP contribution >= 0.6 is 0 Å². The zero-order chi connectivity index (χ0) is 17.6. The van der Waals surface area contributed by atoms with Gasteiger partial charge in [0.2, 0.25) is 0 Å². The molecule has 0 amide bonds. The third-order valence-electron chi connectivity index (χ3n) is 4.41. The maximum atomic E-state index is 12.9. The molecule has 0 spiro atoms. The summed E-state index contributed by atoms with van der Waals surface area (Å²) in [7, 11) is 0. The fourth-order valence-electron chi connectivity index (χ4n) is 3.17. The van der Waals surface area contributed by atoms with Crippen LogP contribution in [0.3, 0.4) is 0 Å². The third-order valence-corrected chi connectivity index (χ3v) is 4.41. The Kier molecular flexibility index (Phi) is 3.46. The fourth-order valence-corrected chi connectivity index (χ4v) is 3.17. The number of aromatic nitrogens is 4. The van der Waals surface area contributed by atoms with Crippen LogP contribution in [0.2, 0.25) is 0 Å². The van der Waals surface area contributed by atoms with Gasteiger partial charge < -0.3 is 0 Å². The molecule has 2 aromatic heterocycles. The van der Waals surface area contributed by atoms with Crippen molar-refractivity contribution in [2.45, 2.75) is 32.9 Å². The SMILES string of the molecule is CC(C)(C)n1ncc2c(=O)n(Cc3cccc4ccccc34)cnc21. The molecule has 126 valence electrons. The van der Waals surface area contributed by atoms with Crippen molar-refractivity contribution in [3.05, 3.63) is 70.9 Å². The quantitative estimate of drug-likeness (QED) is 0.564. The van der Waals surface area contributed by atoms with E-state index in [4.69, 9.17) is 0 Å².